The Morgan fingerprint density at radius 1 is 1.09 bits per heavy atom. The number of hydrogen-bond acceptors (Lipinski definition) is 2. The number of hydrogen-bond donors (Lipinski definition) is 0. The molecule has 1 aromatic rings. The Labute approximate surface area is 131 Å². The Hall–Kier alpha value is -1.00. The first-order valence-electron chi connectivity index (χ1n) is 8.31. The molecule has 22 heavy (non-hydrogen) atoms. The van der Waals surface area contributed by atoms with Crippen molar-refractivity contribution in [1.29, 1.82) is 0 Å². The molecule has 4 heteroatoms. The molecule has 0 saturated heterocycles. The van der Waals surface area contributed by atoms with Gasteiger partial charge in [-0.25, -0.2) is 4.89 Å². The second-order valence-corrected chi connectivity index (χ2v) is 6.35. The lowest BCUT2D eigenvalue weighted by Crippen LogP contribution is -2.19. The van der Waals surface area contributed by atoms with Gasteiger partial charge in [0.25, 0.3) is 0 Å². The van der Waals surface area contributed by atoms with Crippen molar-refractivity contribution >= 4 is 0 Å². The topological polar surface area (TPSA) is 18.5 Å². The number of unbranched alkanes of at least 4 members (excludes halogenated alkanes) is 1. The van der Waals surface area contributed by atoms with Gasteiger partial charge in [-0.3, -0.25) is 0 Å². The molecule has 0 radical (unpaired) electrons. The van der Waals surface area contributed by atoms with E-state index in [9.17, 15) is 8.78 Å². The third-order valence-corrected chi connectivity index (χ3v) is 4.48. The molecule has 0 aromatic heterocycles. The lowest BCUT2D eigenvalue weighted by molar-refractivity contribution is -0.447. The van der Waals surface area contributed by atoms with Gasteiger partial charge >= 0.3 is 6.11 Å². The van der Waals surface area contributed by atoms with Crippen LogP contribution in [-0.4, -0.2) is 6.61 Å². The molecule has 2 nitrogen and oxygen atoms in total. The molecule has 124 valence electrons. The Kier molecular flexibility index (Phi) is 6.33. The lowest BCUT2D eigenvalue weighted by atomic mass is 9.79. The lowest BCUT2D eigenvalue weighted by Gasteiger charge is -2.26. The Balaban J connectivity index is 1.92. The summed E-state index contributed by atoms with van der Waals surface area (Å²) in [5.41, 5.74) is 0.996. The van der Waals surface area contributed by atoms with Crippen molar-refractivity contribution in [3.05, 3.63) is 35.4 Å². The molecule has 0 spiro atoms. The van der Waals surface area contributed by atoms with E-state index >= 15 is 0 Å². The quantitative estimate of drug-likeness (QED) is 0.361. The first kappa shape index (κ1) is 17.4. The van der Waals surface area contributed by atoms with Crippen molar-refractivity contribution in [1.82, 2.24) is 0 Å². The number of rotatable bonds is 7. The third kappa shape index (κ3) is 4.75. The predicted molar refractivity (Wildman–Crippen MR) is 82.7 cm³/mol. The monoisotopic (exact) mass is 312 g/mol. The zero-order valence-corrected chi connectivity index (χ0v) is 13.5. The van der Waals surface area contributed by atoms with Crippen molar-refractivity contribution in [2.24, 2.45) is 5.92 Å². The van der Waals surface area contributed by atoms with E-state index in [1.807, 2.05) is 6.92 Å². The van der Waals surface area contributed by atoms with Crippen LogP contribution in [0.2, 0.25) is 0 Å². The van der Waals surface area contributed by atoms with E-state index in [-0.39, 0.29) is 12.2 Å². The zero-order valence-electron chi connectivity index (χ0n) is 13.5. The van der Waals surface area contributed by atoms with E-state index in [4.69, 9.17) is 0 Å². The van der Waals surface area contributed by atoms with Gasteiger partial charge in [-0.2, -0.15) is 13.7 Å². The molecule has 0 unspecified atom stereocenters. The minimum absolute atomic E-state index is 0.156. The summed E-state index contributed by atoms with van der Waals surface area (Å²) in [5.74, 6) is 1.29. The van der Waals surface area contributed by atoms with Crippen LogP contribution in [0, 0.1) is 5.92 Å². The molecule has 0 bridgehead atoms. The Morgan fingerprint density at radius 3 is 2.32 bits per heavy atom. The van der Waals surface area contributed by atoms with Gasteiger partial charge in [0.15, 0.2) is 0 Å². The fourth-order valence-corrected chi connectivity index (χ4v) is 2.91. The highest BCUT2D eigenvalue weighted by molar-refractivity contribution is 5.27. The van der Waals surface area contributed by atoms with E-state index in [2.05, 4.69) is 16.7 Å². The van der Waals surface area contributed by atoms with Gasteiger partial charge in [-0.1, -0.05) is 45.2 Å². The van der Waals surface area contributed by atoms with Gasteiger partial charge in [0.2, 0.25) is 0 Å². The molecule has 2 rings (SSSR count). The van der Waals surface area contributed by atoms with Gasteiger partial charge < -0.3 is 0 Å². The number of halogens is 2. The van der Waals surface area contributed by atoms with E-state index < -0.39 is 6.11 Å². The molecule has 1 aliphatic rings. The van der Waals surface area contributed by atoms with Gasteiger partial charge in [0.05, 0.1) is 12.2 Å². The molecule has 0 atom stereocenters. The summed E-state index contributed by atoms with van der Waals surface area (Å²) in [4.78, 5) is 8.89. The first-order chi connectivity index (χ1) is 10.5. The van der Waals surface area contributed by atoms with Crippen LogP contribution >= 0.6 is 0 Å². The molecule has 1 aromatic carbocycles. The van der Waals surface area contributed by atoms with Crippen LogP contribution in [-0.2, 0) is 15.9 Å². The summed E-state index contributed by atoms with van der Waals surface area (Å²) in [5, 5.41) is 0. The molecular formula is C18H26F2O2. The number of alkyl halides is 2. The summed E-state index contributed by atoms with van der Waals surface area (Å²) in [6.45, 7) is 4.42. The maximum atomic E-state index is 13.9. The van der Waals surface area contributed by atoms with E-state index in [0.717, 1.165) is 30.7 Å². The second kappa shape index (κ2) is 8.02. The molecule has 1 saturated carbocycles. The first-order valence-corrected chi connectivity index (χ1v) is 8.31. The highest BCUT2D eigenvalue weighted by atomic mass is 19.3. The summed E-state index contributed by atoms with van der Waals surface area (Å²) in [6.07, 6.45) is 2.92. The van der Waals surface area contributed by atoms with Crippen molar-refractivity contribution in [2.75, 3.05) is 6.61 Å². The molecule has 1 fully saturated rings. The van der Waals surface area contributed by atoms with E-state index in [1.165, 1.54) is 25.0 Å². The highest BCUT2D eigenvalue weighted by Crippen LogP contribution is 2.37. The van der Waals surface area contributed by atoms with Crippen LogP contribution in [0.1, 0.15) is 69.4 Å². The molecular weight excluding hydrogens is 286 g/mol. The largest absolute Gasteiger partial charge is 0.408 e. The second-order valence-electron chi connectivity index (χ2n) is 6.35. The van der Waals surface area contributed by atoms with E-state index in [1.54, 1.807) is 12.1 Å². The summed E-state index contributed by atoms with van der Waals surface area (Å²) in [6, 6.07) is 6.52. The van der Waals surface area contributed by atoms with E-state index in [0.29, 0.717) is 12.3 Å². The van der Waals surface area contributed by atoms with Crippen molar-refractivity contribution in [3.63, 3.8) is 0 Å². The predicted octanol–water partition coefficient (Wildman–Crippen LogP) is 5.78. The van der Waals surface area contributed by atoms with Crippen molar-refractivity contribution in [2.45, 2.75) is 64.4 Å². The van der Waals surface area contributed by atoms with Crippen LogP contribution in [0.4, 0.5) is 8.78 Å². The van der Waals surface area contributed by atoms with Gasteiger partial charge in [-0.05, 0) is 48.8 Å². The molecule has 0 N–H and O–H groups in total. The van der Waals surface area contributed by atoms with Crippen LogP contribution in [0.15, 0.2) is 24.3 Å². The van der Waals surface area contributed by atoms with Gasteiger partial charge in [0.1, 0.15) is 0 Å². The Bertz CT molecular complexity index is 437. The number of benzene rings is 1. The van der Waals surface area contributed by atoms with Crippen LogP contribution < -0.4 is 0 Å². The van der Waals surface area contributed by atoms with Crippen molar-refractivity contribution in [3.8, 4) is 0 Å². The minimum Gasteiger partial charge on any atom is -0.231 e. The van der Waals surface area contributed by atoms with Crippen LogP contribution in [0.3, 0.4) is 0 Å². The SMILES string of the molecule is CCCCOOC(F)(F)c1ccc(C2CCC(C)CC2)cc1. The van der Waals surface area contributed by atoms with Crippen molar-refractivity contribution < 1.29 is 18.6 Å². The smallest absolute Gasteiger partial charge is 0.231 e. The zero-order chi connectivity index (χ0) is 16.0. The highest BCUT2D eigenvalue weighted by Gasteiger charge is 2.34. The maximum absolute atomic E-state index is 13.9. The summed E-state index contributed by atoms with van der Waals surface area (Å²) >= 11 is 0. The van der Waals surface area contributed by atoms with Crippen LogP contribution in [0.25, 0.3) is 0 Å². The minimum atomic E-state index is -3.40. The Morgan fingerprint density at radius 2 is 1.73 bits per heavy atom. The average molecular weight is 312 g/mol. The van der Waals surface area contributed by atoms with Crippen LogP contribution in [0.5, 0.6) is 0 Å². The van der Waals surface area contributed by atoms with Gasteiger partial charge in [0, 0.05) is 0 Å². The third-order valence-electron chi connectivity index (χ3n) is 4.48. The normalized spacial score (nSPS) is 22.7. The molecule has 0 heterocycles. The summed E-state index contributed by atoms with van der Waals surface area (Å²) in [7, 11) is 0. The maximum Gasteiger partial charge on any atom is 0.408 e. The standard InChI is InChI=1S/C18H26F2O2/c1-3-4-13-21-22-18(19,20)17-11-9-16(10-12-17)15-7-5-14(2)6-8-15/h9-12,14-15H,3-8,13H2,1-2H3. The summed E-state index contributed by atoms with van der Waals surface area (Å²) < 4.78 is 27.7. The average Bonchev–Trinajstić information content (AvgIpc) is 2.52. The molecule has 0 amide bonds. The molecule has 1 aliphatic carbocycles. The van der Waals surface area contributed by atoms with Gasteiger partial charge in [-0.15, -0.1) is 0 Å². The fraction of sp³-hybridized carbons (Fsp3) is 0.667. The fourth-order valence-electron chi connectivity index (χ4n) is 2.91. The molecule has 0 aliphatic heterocycles.